The average Bonchev–Trinajstić information content (AvgIpc) is 3.96. The summed E-state index contributed by atoms with van der Waals surface area (Å²) >= 11 is 0. The Morgan fingerprint density at radius 1 is 0.293 bits per heavy atom. The molecule has 3 heterocycles. The van der Waals surface area contributed by atoms with Crippen LogP contribution >= 0.6 is 0 Å². The first-order chi connectivity index (χ1) is 35.3. The smallest absolute Gasteiger partial charge is 0.200 e. The van der Waals surface area contributed by atoms with Gasteiger partial charge >= 0.3 is 0 Å². The van der Waals surface area contributed by atoms with E-state index in [1.54, 1.807) is 0 Å². The molecule has 0 spiro atoms. The van der Waals surface area contributed by atoms with Crippen molar-refractivity contribution in [3.8, 4) is 126 Å². The summed E-state index contributed by atoms with van der Waals surface area (Å²) in [5.74, 6) is -17.1. The number of benzene rings is 9. The number of ether oxygens (including phenoxy) is 1. The van der Waals surface area contributed by atoms with Crippen molar-refractivity contribution in [3.05, 3.63) is 24.3 Å². The zero-order valence-electron chi connectivity index (χ0n) is 37.4. The van der Waals surface area contributed by atoms with Crippen molar-refractivity contribution < 1.29 is 86.4 Å². The van der Waals surface area contributed by atoms with Gasteiger partial charge < -0.3 is 91.0 Å². The standard InChI is InChI=1S/C48H20B8N2O17/c49-7-1-5(2-10(61)34(7)62)11-8(59)3-6(4-9(11)60)57-29-14(21-31(57)42(70)25(53)24(52)36(21)64)13-20-23(51)41(69)28(56)47-32(20)58(30(13)43(71)26(29)54)33-37(65)18-16-12(22(50)44(72)46(74)39(16)67)15-17(19(18)40(68)48(33)75-47)35(63)27(55)45(73)38(15)66/h1-4,59-74H. The van der Waals surface area contributed by atoms with Crippen molar-refractivity contribution in [2.24, 2.45) is 0 Å². The van der Waals surface area contributed by atoms with Gasteiger partial charge in [-0.1, -0.05) is 22.5 Å². The first kappa shape index (κ1) is 46.5. The van der Waals surface area contributed by atoms with Crippen LogP contribution in [0, 0.1) is 0 Å². The lowest BCUT2D eigenvalue weighted by Gasteiger charge is -2.28. The molecule has 0 saturated heterocycles. The van der Waals surface area contributed by atoms with Crippen LogP contribution in [-0.2, 0) is 0 Å². The Bertz CT molecular complexity index is 4640. The second-order valence-corrected chi connectivity index (χ2v) is 17.8. The second-order valence-electron chi connectivity index (χ2n) is 17.8. The monoisotopic (exact) mass is 984 g/mol. The van der Waals surface area contributed by atoms with Gasteiger partial charge in [0, 0.05) is 55.2 Å². The number of nitrogens with zero attached hydrogens (tertiary/aromatic N) is 2. The minimum Gasteiger partial charge on any atom is -0.509 e. The number of fused-ring (bicyclic) bond motifs is 15. The summed E-state index contributed by atoms with van der Waals surface area (Å²) in [4.78, 5) is 0. The van der Waals surface area contributed by atoms with Crippen LogP contribution in [-0.4, -0.2) is 154 Å². The first-order valence-corrected chi connectivity index (χ1v) is 21.4. The van der Waals surface area contributed by atoms with Gasteiger partial charge in [-0.25, -0.2) is 0 Å². The Balaban J connectivity index is 1.33. The van der Waals surface area contributed by atoms with E-state index in [1.807, 2.05) is 0 Å². The molecule has 11 aromatic rings. The van der Waals surface area contributed by atoms with E-state index in [0.717, 1.165) is 33.4 Å². The largest absolute Gasteiger partial charge is 0.509 e. The van der Waals surface area contributed by atoms with Crippen LogP contribution in [0.5, 0.6) is 103 Å². The van der Waals surface area contributed by atoms with Crippen molar-refractivity contribution in [2.45, 2.75) is 0 Å². The molecule has 0 unspecified atom stereocenters. The van der Waals surface area contributed by atoms with Crippen molar-refractivity contribution >= 4 is 182 Å². The van der Waals surface area contributed by atoms with Crippen LogP contribution in [0.25, 0.3) is 98.4 Å². The number of aromatic hydroxyl groups is 16. The lowest BCUT2D eigenvalue weighted by molar-refractivity contribution is 0.373. The molecule has 19 nitrogen and oxygen atoms in total. The molecule has 16 radical (unpaired) electrons. The first-order valence-electron chi connectivity index (χ1n) is 21.4. The van der Waals surface area contributed by atoms with Gasteiger partial charge in [-0.3, -0.25) is 4.57 Å². The summed E-state index contributed by atoms with van der Waals surface area (Å²) in [7, 11) is 50.8. The lowest BCUT2D eigenvalue weighted by atomic mass is 9.77. The maximum atomic E-state index is 12.9. The molecule has 0 atom stereocenters. The number of aromatic nitrogens is 2. The number of hydrogen-bond donors (Lipinski definition) is 16. The summed E-state index contributed by atoms with van der Waals surface area (Å²) in [5.41, 5.74) is -8.32. The van der Waals surface area contributed by atoms with E-state index in [9.17, 15) is 81.7 Å². The van der Waals surface area contributed by atoms with Crippen LogP contribution in [0.15, 0.2) is 24.3 Å². The van der Waals surface area contributed by atoms with E-state index >= 15 is 0 Å². The molecule has 27 heteroatoms. The topological polar surface area (TPSA) is 343 Å². The van der Waals surface area contributed by atoms with Gasteiger partial charge in [0.05, 0.1) is 38.7 Å². The number of hydrogen-bond acceptors (Lipinski definition) is 17. The predicted octanol–water partition coefficient (Wildman–Crippen LogP) is -1.25. The SMILES string of the molecule is [B]c1cc(-c2c(O)cc(-n3c4c(O)c([B])c([B])c(O)c4c4c5c6c([B])c(O)c([B])c7c6n(c5c(O)c([B])c43)-c3c(c(O)c4c5c(O)c([B])c(O)c(O)c5c5c([B])c(O)c(O)c(O)c5c4c3O)O7)cc2O)cc(O)c1O. The fraction of sp³-hybridized carbons (Fsp3) is 0. The van der Waals surface area contributed by atoms with E-state index in [1.165, 1.54) is 0 Å². The molecule has 1 aliphatic heterocycles. The quantitative estimate of drug-likeness (QED) is 0.0417. The highest BCUT2D eigenvalue weighted by atomic mass is 16.5. The third kappa shape index (κ3) is 5.27. The molecular weight excluding hydrogens is 963 g/mol. The Hall–Kier alpha value is -9.52. The Kier molecular flexibility index (Phi) is 9.05. The van der Waals surface area contributed by atoms with Gasteiger partial charge in [-0.2, -0.15) is 0 Å². The molecule has 0 amide bonds. The maximum absolute atomic E-state index is 12.9. The van der Waals surface area contributed by atoms with E-state index in [4.69, 9.17) is 67.5 Å². The fourth-order valence-corrected chi connectivity index (χ4v) is 10.7. The van der Waals surface area contributed by atoms with Crippen LogP contribution in [0.1, 0.15) is 0 Å². The molecule has 0 bridgehead atoms. The van der Waals surface area contributed by atoms with Crippen molar-refractivity contribution in [3.63, 3.8) is 0 Å². The number of rotatable bonds is 2. The molecule has 0 saturated carbocycles. The molecule has 9 aromatic carbocycles. The number of phenols is 16. The average molecular weight is 983 g/mol. The predicted molar refractivity (Wildman–Crippen MR) is 283 cm³/mol. The lowest BCUT2D eigenvalue weighted by Crippen LogP contribution is -2.26. The summed E-state index contributed by atoms with van der Waals surface area (Å²) < 4.78 is 8.26. The normalized spacial score (nSPS) is 12.3. The summed E-state index contributed by atoms with van der Waals surface area (Å²) in [5, 5.41) is 179. The zero-order chi connectivity index (χ0) is 54.1. The molecule has 348 valence electrons. The zero-order valence-corrected chi connectivity index (χ0v) is 37.4. The Labute approximate surface area is 426 Å². The Morgan fingerprint density at radius 2 is 0.787 bits per heavy atom. The van der Waals surface area contributed by atoms with Crippen LogP contribution < -0.4 is 48.4 Å². The van der Waals surface area contributed by atoms with Crippen molar-refractivity contribution in [1.82, 2.24) is 9.13 Å². The van der Waals surface area contributed by atoms with E-state index < -0.39 is 196 Å². The maximum Gasteiger partial charge on any atom is 0.200 e. The van der Waals surface area contributed by atoms with Gasteiger partial charge in [-0.15, -0.1) is 0 Å². The third-order valence-electron chi connectivity index (χ3n) is 14.0. The van der Waals surface area contributed by atoms with E-state index in [0.29, 0.717) is 0 Å². The van der Waals surface area contributed by atoms with Gasteiger partial charge in [0.1, 0.15) is 120 Å². The minimum atomic E-state index is -1.29. The highest BCUT2D eigenvalue weighted by Gasteiger charge is 2.40. The van der Waals surface area contributed by atoms with Crippen molar-refractivity contribution in [1.29, 1.82) is 0 Å². The highest BCUT2D eigenvalue weighted by Crippen LogP contribution is 2.62. The molecule has 16 N–H and O–H groups in total. The molecular formula is C48H20B8N2O17. The van der Waals surface area contributed by atoms with Crippen molar-refractivity contribution in [2.75, 3.05) is 0 Å². The summed E-state index contributed by atoms with van der Waals surface area (Å²) in [6, 6.07) is 4.15. The minimum absolute atomic E-state index is 0.0932. The molecule has 75 heavy (non-hydrogen) atoms. The summed E-state index contributed by atoms with van der Waals surface area (Å²) in [6.45, 7) is 0. The van der Waals surface area contributed by atoms with Crippen LogP contribution in [0.2, 0.25) is 0 Å². The number of phenolic OH excluding ortho intramolecular Hbond substituents is 16. The fourth-order valence-electron chi connectivity index (χ4n) is 10.7. The second kappa shape index (κ2) is 14.6. The molecule has 12 rings (SSSR count). The third-order valence-corrected chi connectivity index (χ3v) is 14.0. The van der Waals surface area contributed by atoms with E-state index in [2.05, 4.69) is 0 Å². The van der Waals surface area contributed by atoms with Crippen LogP contribution in [0.4, 0.5) is 0 Å². The Morgan fingerprint density at radius 3 is 1.41 bits per heavy atom. The molecule has 2 aromatic heterocycles. The van der Waals surface area contributed by atoms with Gasteiger partial charge in [0.2, 0.25) is 0 Å². The van der Waals surface area contributed by atoms with Gasteiger partial charge in [0.15, 0.2) is 51.7 Å². The highest BCUT2D eigenvalue weighted by molar-refractivity contribution is 6.57. The van der Waals surface area contributed by atoms with Crippen LogP contribution in [0.3, 0.4) is 0 Å². The molecule has 0 fully saturated rings. The molecule has 1 aliphatic rings. The van der Waals surface area contributed by atoms with Gasteiger partial charge in [0.25, 0.3) is 0 Å². The van der Waals surface area contributed by atoms with E-state index in [-0.39, 0.29) is 49.5 Å². The summed E-state index contributed by atoms with van der Waals surface area (Å²) in [6.07, 6.45) is 0. The molecule has 0 aliphatic carbocycles. The van der Waals surface area contributed by atoms with Gasteiger partial charge in [-0.05, 0) is 44.3 Å².